The highest BCUT2D eigenvalue weighted by atomic mass is 32.1. The fraction of sp³-hybridized carbons (Fsp3) is 0.130. The normalized spacial score (nSPS) is 14.3. The van der Waals surface area contributed by atoms with Gasteiger partial charge in [0.1, 0.15) is 11.4 Å². The molecule has 0 unspecified atom stereocenters. The van der Waals surface area contributed by atoms with Gasteiger partial charge in [-0.15, -0.1) is 24.5 Å². The van der Waals surface area contributed by atoms with Crippen molar-refractivity contribution in [2.75, 3.05) is 11.9 Å². The molecular weight excluding hydrogens is 441 g/mol. The lowest BCUT2D eigenvalue weighted by atomic mass is 10.1. The van der Waals surface area contributed by atoms with Crippen LogP contribution in [0.4, 0.5) is 18.9 Å². The summed E-state index contributed by atoms with van der Waals surface area (Å²) >= 11 is 1.33. The van der Waals surface area contributed by atoms with Crippen molar-refractivity contribution in [1.82, 2.24) is 4.90 Å². The molecule has 32 heavy (non-hydrogen) atoms. The number of nitrogens with zero attached hydrogens (tertiary/aromatic N) is 2. The van der Waals surface area contributed by atoms with Gasteiger partial charge in [0, 0.05) is 18.5 Å². The Kier molecular flexibility index (Phi) is 5.75. The van der Waals surface area contributed by atoms with Crippen molar-refractivity contribution in [3.63, 3.8) is 0 Å². The van der Waals surface area contributed by atoms with Crippen LogP contribution in [0.25, 0.3) is 5.57 Å². The minimum Gasteiger partial charge on any atom is -0.406 e. The average Bonchev–Trinajstić information content (AvgIpc) is 3.34. The first-order valence-electron chi connectivity index (χ1n) is 9.52. The van der Waals surface area contributed by atoms with Crippen molar-refractivity contribution in [2.24, 2.45) is 0 Å². The van der Waals surface area contributed by atoms with Crippen LogP contribution in [0.5, 0.6) is 5.75 Å². The lowest BCUT2D eigenvalue weighted by molar-refractivity contribution is -0.274. The van der Waals surface area contributed by atoms with Gasteiger partial charge in [-0.2, -0.15) is 0 Å². The summed E-state index contributed by atoms with van der Waals surface area (Å²) in [7, 11) is 1.73. The van der Waals surface area contributed by atoms with E-state index in [4.69, 9.17) is 0 Å². The number of carbonyl (C=O) groups excluding carboxylic acids is 2. The number of benzene rings is 2. The number of carbonyl (C=O) groups is 2. The molecule has 1 aliphatic rings. The molecule has 2 heterocycles. The number of likely N-dealkylation sites (N-methyl/N-ethyl adjacent to an activating group) is 1. The number of hydrogen-bond acceptors (Lipinski definition) is 5. The smallest absolute Gasteiger partial charge is 0.406 e. The van der Waals surface area contributed by atoms with Gasteiger partial charge in [-0.3, -0.25) is 9.59 Å². The first kappa shape index (κ1) is 21.6. The van der Waals surface area contributed by atoms with Crippen LogP contribution in [0.1, 0.15) is 10.4 Å². The maximum Gasteiger partial charge on any atom is 0.573 e. The molecule has 0 saturated heterocycles. The molecule has 0 aliphatic carbocycles. The number of imide groups is 1. The highest BCUT2D eigenvalue weighted by Gasteiger charge is 2.42. The number of alkyl halides is 3. The molecule has 3 aromatic rings. The number of amides is 2. The molecule has 9 heteroatoms. The zero-order valence-electron chi connectivity index (χ0n) is 16.8. The summed E-state index contributed by atoms with van der Waals surface area (Å²) in [5, 5.41) is 1.81. The van der Waals surface area contributed by atoms with Crippen molar-refractivity contribution in [3.8, 4) is 5.75 Å². The number of anilines is 1. The molecule has 0 atom stereocenters. The van der Waals surface area contributed by atoms with Gasteiger partial charge in [-0.25, -0.2) is 4.90 Å². The van der Waals surface area contributed by atoms with Crippen molar-refractivity contribution >= 4 is 34.4 Å². The molecular formula is C23H17F3N2O3S. The standard InChI is InChI=1S/C23H17F3N2O3S/c1-27(14-15-6-3-2-4-7-15)20-19(18-8-5-13-32-18)21(29)28(22(20)30)16-9-11-17(12-10-16)31-23(24,25)26/h2-13H,14H2,1H3. The Bertz CT molecular complexity index is 1160. The van der Waals surface area contributed by atoms with Crippen molar-refractivity contribution in [3.05, 3.63) is 88.2 Å². The quantitative estimate of drug-likeness (QED) is 0.485. The summed E-state index contributed by atoms with van der Waals surface area (Å²) in [4.78, 5) is 30.0. The lowest BCUT2D eigenvalue weighted by Gasteiger charge is -2.21. The largest absolute Gasteiger partial charge is 0.573 e. The van der Waals surface area contributed by atoms with Crippen molar-refractivity contribution in [2.45, 2.75) is 12.9 Å². The molecule has 0 N–H and O–H groups in total. The predicted octanol–water partition coefficient (Wildman–Crippen LogP) is 5.06. The Balaban J connectivity index is 1.68. The second-order valence-corrected chi connectivity index (χ2v) is 7.98. The van der Waals surface area contributed by atoms with E-state index in [1.54, 1.807) is 29.5 Å². The second kappa shape index (κ2) is 8.51. The van der Waals surface area contributed by atoms with Crippen LogP contribution >= 0.6 is 11.3 Å². The van der Waals surface area contributed by atoms with Gasteiger partial charge in [0.05, 0.1) is 11.3 Å². The van der Waals surface area contributed by atoms with Crippen molar-refractivity contribution < 1.29 is 27.5 Å². The Hall–Kier alpha value is -3.59. The number of hydrogen-bond donors (Lipinski definition) is 0. The van der Waals surface area contributed by atoms with E-state index >= 15 is 0 Å². The molecule has 4 rings (SSSR count). The molecule has 0 radical (unpaired) electrons. The van der Waals surface area contributed by atoms with Gasteiger partial charge in [0.15, 0.2) is 0 Å². The van der Waals surface area contributed by atoms with Crippen LogP contribution in [0.15, 0.2) is 77.8 Å². The van der Waals surface area contributed by atoms with E-state index in [9.17, 15) is 22.8 Å². The Morgan fingerprint density at radius 2 is 1.62 bits per heavy atom. The van der Waals surface area contributed by atoms with E-state index < -0.39 is 23.9 Å². The van der Waals surface area contributed by atoms with Crippen LogP contribution < -0.4 is 9.64 Å². The third-order valence-electron chi connectivity index (χ3n) is 4.80. The summed E-state index contributed by atoms with van der Waals surface area (Å²) < 4.78 is 41.2. The first-order chi connectivity index (χ1) is 15.2. The molecule has 1 aliphatic heterocycles. The van der Waals surface area contributed by atoms with Gasteiger partial charge in [0.25, 0.3) is 11.8 Å². The predicted molar refractivity (Wildman–Crippen MR) is 115 cm³/mol. The third kappa shape index (κ3) is 4.38. The summed E-state index contributed by atoms with van der Waals surface area (Å²) in [5.74, 6) is -1.51. The maximum atomic E-state index is 13.4. The van der Waals surface area contributed by atoms with E-state index in [2.05, 4.69) is 4.74 Å². The Morgan fingerprint density at radius 3 is 2.22 bits per heavy atom. The molecule has 0 fully saturated rings. The summed E-state index contributed by atoms with van der Waals surface area (Å²) in [6.45, 7) is 0.399. The minimum absolute atomic E-state index is 0.159. The van der Waals surface area contributed by atoms with E-state index in [0.717, 1.165) is 22.6 Å². The molecule has 1 aromatic heterocycles. The molecule has 0 bridgehead atoms. The maximum absolute atomic E-state index is 13.4. The Morgan fingerprint density at radius 1 is 0.938 bits per heavy atom. The first-order valence-corrected chi connectivity index (χ1v) is 10.4. The van der Waals surface area contributed by atoms with Crippen LogP contribution in [0.3, 0.4) is 0 Å². The molecule has 2 amide bonds. The third-order valence-corrected chi connectivity index (χ3v) is 5.69. The zero-order chi connectivity index (χ0) is 22.9. The van der Waals surface area contributed by atoms with E-state index in [-0.39, 0.29) is 17.0 Å². The number of rotatable bonds is 6. The van der Waals surface area contributed by atoms with Gasteiger partial charge < -0.3 is 9.64 Å². The zero-order valence-corrected chi connectivity index (χ0v) is 17.6. The highest BCUT2D eigenvalue weighted by Crippen LogP contribution is 2.37. The second-order valence-electron chi connectivity index (χ2n) is 7.03. The van der Waals surface area contributed by atoms with Crippen LogP contribution in [-0.4, -0.2) is 30.1 Å². The fourth-order valence-electron chi connectivity index (χ4n) is 3.48. The summed E-state index contributed by atoms with van der Waals surface area (Å²) in [5.41, 5.74) is 1.61. The van der Waals surface area contributed by atoms with Gasteiger partial charge in [-0.05, 0) is 41.3 Å². The fourth-order valence-corrected chi connectivity index (χ4v) is 4.25. The molecule has 0 spiro atoms. The van der Waals surface area contributed by atoms with E-state index in [0.29, 0.717) is 11.4 Å². The van der Waals surface area contributed by atoms with Crippen LogP contribution in [0, 0.1) is 0 Å². The average molecular weight is 458 g/mol. The van der Waals surface area contributed by atoms with Crippen LogP contribution in [-0.2, 0) is 16.1 Å². The monoisotopic (exact) mass is 458 g/mol. The van der Waals surface area contributed by atoms with Gasteiger partial charge in [-0.1, -0.05) is 36.4 Å². The molecule has 2 aromatic carbocycles. The highest BCUT2D eigenvalue weighted by molar-refractivity contribution is 7.11. The SMILES string of the molecule is CN(Cc1ccccc1)C1=C(c2cccs2)C(=O)N(c2ccc(OC(F)(F)F)cc2)C1=O. The van der Waals surface area contributed by atoms with Crippen molar-refractivity contribution in [1.29, 1.82) is 0 Å². The van der Waals surface area contributed by atoms with E-state index in [1.807, 2.05) is 30.3 Å². The summed E-state index contributed by atoms with van der Waals surface area (Å²) in [6, 6.07) is 17.7. The number of ether oxygens (including phenoxy) is 1. The minimum atomic E-state index is -4.83. The van der Waals surface area contributed by atoms with Gasteiger partial charge >= 0.3 is 6.36 Å². The van der Waals surface area contributed by atoms with Gasteiger partial charge in [0.2, 0.25) is 0 Å². The number of halogens is 3. The topological polar surface area (TPSA) is 49.9 Å². The van der Waals surface area contributed by atoms with Crippen LogP contribution in [0.2, 0.25) is 0 Å². The Labute approximate surface area is 185 Å². The molecule has 5 nitrogen and oxygen atoms in total. The summed E-state index contributed by atoms with van der Waals surface area (Å²) in [6.07, 6.45) is -4.83. The molecule has 0 saturated carbocycles. The van der Waals surface area contributed by atoms with E-state index in [1.165, 1.54) is 23.5 Å². The lowest BCUT2D eigenvalue weighted by Crippen LogP contribution is -2.34. The molecule has 164 valence electrons. The number of thiophene rings is 1.